The van der Waals surface area contributed by atoms with Gasteiger partial charge in [-0.1, -0.05) is 23.7 Å². The molecule has 6 heteroatoms. The van der Waals surface area contributed by atoms with Gasteiger partial charge in [0.1, 0.15) is 5.60 Å². The zero-order valence-electron chi connectivity index (χ0n) is 12.3. The molecule has 114 valence electrons. The second-order valence-electron chi connectivity index (χ2n) is 5.82. The summed E-state index contributed by atoms with van der Waals surface area (Å²) < 4.78 is 10.2. The monoisotopic (exact) mass is 311 g/mol. The Balaban J connectivity index is 2.17. The molecule has 1 aromatic rings. The number of carbonyl (C=O) groups excluding carboxylic acids is 2. The molecule has 0 atom stereocenters. The van der Waals surface area contributed by atoms with Gasteiger partial charge in [0, 0.05) is 6.54 Å². The summed E-state index contributed by atoms with van der Waals surface area (Å²) in [6.07, 6.45) is -0.393. The number of carbonyl (C=O) groups is 2. The Hall–Kier alpha value is -1.75. The van der Waals surface area contributed by atoms with E-state index in [-0.39, 0.29) is 6.07 Å². The third-order valence-electron chi connectivity index (χ3n) is 3.04. The van der Waals surface area contributed by atoms with Crippen LogP contribution in [-0.4, -0.2) is 28.6 Å². The summed E-state index contributed by atoms with van der Waals surface area (Å²) in [5, 5.41) is 0. The summed E-state index contributed by atoms with van der Waals surface area (Å²) in [5.74, 6) is -0.479. The lowest BCUT2D eigenvalue weighted by atomic mass is 10.0. The minimum absolute atomic E-state index is 0.196. The largest absolute Gasteiger partial charge is 0.446 e. The maximum absolute atomic E-state index is 12.1. The first-order chi connectivity index (χ1) is 9.81. The van der Waals surface area contributed by atoms with Crippen molar-refractivity contribution in [1.29, 1.82) is 0 Å². The number of esters is 1. The molecule has 0 spiro atoms. The lowest BCUT2D eigenvalue weighted by Crippen LogP contribution is -2.33. The van der Waals surface area contributed by atoms with E-state index in [2.05, 4.69) is 0 Å². The average molecular weight is 312 g/mol. The van der Waals surface area contributed by atoms with Gasteiger partial charge >= 0.3 is 12.1 Å². The van der Waals surface area contributed by atoms with Crippen LogP contribution >= 0.6 is 11.6 Å². The molecule has 0 N–H and O–H groups in total. The average Bonchev–Trinajstić information content (AvgIpc) is 2.80. The lowest BCUT2D eigenvalue weighted by molar-refractivity contribution is 0.0240. The SMILES string of the molecule is CC(C)(C)OC(=O)N1Cc2cccc(C(=O)OCCl)c2C1. The third-order valence-corrected chi connectivity index (χ3v) is 3.15. The first-order valence-corrected chi connectivity index (χ1v) is 7.17. The van der Waals surface area contributed by atoms with E-state index in [9.17, 15) is 9.59 Å². The Morgan fingerprint density at radius 3 is 2.62 bits per heavy atom. The highest BCUT2D eigenvalue weighted by molar-refractivity contribution is 6.17. The molecular weight excluding hydrogens is 294 g/mol. The molecule has 0 fully saturated rings. The first kappa shape index (κ1) is 15.6. The number of benzene rings is 1. The van der Waals surface area contributed by atoms with Crippen molar-refractivity contribution >= 4 is 23.7 Å². The minimum Gasteiger partial charge on any atom is -0.446 e. The van der Waals surface area contributed by atoms with Crippen LogP contribution in [0.3, 0.4) is 0 Å². The van der Waals surface area contributed by atoms with Gasteiger partial charge in [-0.3, -0.25) is 4.90 Å². The quantitative estimate of drug-likeness (QED) is 0.621. The molecule has 0 bridgehead atoms. The summed E-state index contributed by atoms with van der Waals surface area (Å²) in [5.41, 5.74) is 1.61. The van der Waals surface area contributed by atoms with Gasteiger partial charge in [0.05, 0.1) is 12.1 Å². The molecule has 1 aliphatic rings. The van der Waals surface area contributed by atoms with Crippen LogP contribution in [0.4, 0.5) is 4.79 Å². The van der Waals surface area contributed by atoms with Crippen molar-refractivity contribution in [2.45, 2.75) is 39.5 Å². The third kappa shape index (κ3) is 3.67. The van der Waals surface area contributed by atoms with Crippen molar-refractivity contribution < 1.29 is 19.1 Å². The fourth-order valence-corrected chi connectivity index (χ4v) is 2.30. The first-order valence-electron chi connectivity index (χ1n) is 6.63. The maximum Gasteiger partial charge on any atom is 0.410 e. The number of hydrogen-bond donors (Lipinski definition) is 0. The van der Waals surface area contributed by atoms with Gasteiger partial charge in [-0.25, -0.2) is 9.59 Å². The zero-order valence-corrected chi connectivity index (χ0v) is 13.1. The van der Waals surface area contributed by atoms with Crippen LogP contribution in [0.2, 0.25) is 0 Å². The molecule has 0 saturated carbocycles. The Morgan fingerprint density at radius 1 is 1.29 bits per heavy atom. The summed E-state index contributed by atoms with van der Waals surface area (Å²) in [7, 11) is 0. The number of ether oxygens (including phenoxy) is 2. The van der Waals surface area contributed by atoms with E-state index >= 15 is 0 Å². The van der Waals surface area contributed by atoms with Crippen molar-refractivity contribution in [1.82, 2.24) is 4.90 Å². The van der Waals surface area contributed by atoms with Gasteiger partial charge in [0.15, 0.2) is 6.07 Å². The molecule has 1 aliphatic heterocycles. The van der Waals surface area contributed by atoms with E-state index in [1.54, 1.807) is 17.0 Å². The van der Waals surface area contributed by atoms with E-state index in [4.69, 9.17) is 21.1 Å². The lowest BCUT2D eigenvalue weighted by Gasteiger charge is -2.24. The minimum atomic E-state index is -0.549. The molecule has 1 aromatic carbocycles. The van der Waals surface area contributed by atoms with Crippen LogP contribution in [0.15, 0.2) is 18.2 Å². The standard InChI is InChI=1S/C15H18ClNO4/c1-15(2,3)21-14(19)17-7-10-5-4-6-11(12(10)8-17)13(18)20-9-16/h4-6H,7-9H2,1-3H3. The van der Waals surface area contributed by atoms with E-state index in [1.807, 2.05) is 26.8 Å². The summed E-state index contributed by atoms with van der Waals surface area (Å²) in [6.45, 7) is 6.20. The van der Waals surface area contributed by atoms with Crippen molar-refractivity contribution in [2.75, 3.05) is 6.07 Å². The highest BCUT2D eigenvalue weighted by atomic mass is 35.5. The Bertz CT molecular complexity index is 565. The highest BCUT2D eigenvalue weighted by Gasteiger charge is 2.30. The van der Waals surface area contributed by atoms with Gasteiger partial charge in [-0.2, -0.15) is 0 Å². The van der Waals surface area contributed by atoms with Crippen molar-refractivity contribution in [3.8, 4) is 0 Å². The van der Waals surface area contributed by atoms with Crippen molar-refractivity contribution in [3.05, 3.63) is 34.9 Å². The van der Waals surface area contributed by atoms with Crippen molar-refractivity contribution in [2.24, 2.45) is 0 Å². The molecule has 21 heavy (non-hydrogen) atoms. The smallest absolute Gasteiger partial charge is 0.410 e. The number of alkyl halides is 1. The maximum atomic E-state index is 12.1. The van der Waals surface area contributed by atoms with Crippen LogP contribution in [0.5, 0.6) is 0 Å². The van der Waals surface area contributed by atoms with E-state index in [0.717, 1.165) is 11.1 Å². The van der Waals surface area contributed by atoms with E-state index in [1.165, 1.54) is 0 Å². The molecule has 1 amide bonds. The molecule has 0 radical (unpaired) electrons. The van der Waals surface area contributed by atoms with E-state index < -0.39 is 17.7 Å². The van der Waals surface area contributed by atoms with Crippen molar-refractivity contribution in [3.63, 3.8) is 0 Å². The molecular formula is C15H18ClNO4. The second-order valence-corrected chi connectivity index (χ2v) is 6.04. The molecule has 5 nitrogen and oxygen atoms in total. The number of hydrogen-bond acceptors (Lipinski definition) is 4. The number of nitrogens with zero attached hydrogens (tertiary/aromatic N) is 1. The van der Waals surface area contributed by atoms with Gasteiger partial charge in [-0.05, 0) is 38.0 Å². The molecule has 1 heterocycles. The molecule has 0 aromatic heterocycles. The van der Waals surface area contributed by atoms with Crippen LogP contribution in [0, 0.1) is 0 Å². The number of fused-ring (bicyclic) bond motifs is 1. The van der Waals surface area contributed by atoms with Gasteiger partial charge in [-0.15, -0.1) is 0 Å². The fourth-order valence-electron chi connectivity index (χ4n) is 2.20. The Labute approximate surface area is 128 Å². The summed E-state index contributed by atoms with van der Waals surface area (Å²) >= 11 is 5.42. The highest BCUT2D eigenvalue weighted by Crippen LogP contribution is 2.28. The van der Waals surface area contributed by atoms with Crippen LogP contribution in [0.1, 0.15) is 42.3 Å². The number of halogens is 1. The molecule has 2 rings (SSSR count). The van der Waals surface area contributed by atoms with Gasteiger partial charge in [0.25, 0.3) is 0 Å². The normalized spacial score (nSPS) is 13.8. The zero-order chi connectivity index (χ0) is 15.6. The van der Waals surface area contributed by atoms with Crippen LogP contribution in [-0.2, 0) is 22.6 Å². The number of amides is 1. The van der Waals surface area contributed by atoms with E-state index in [0.29, 0.717) is 18.7 Å². The van der Waals surface area contributed by atoms with Gasteiger partial charge in [0.2, 0.25) is 0 Å². The molecule has 0 saturated heterocycles. The predicted molar refractivity (Wildman–Crippen MR) is 78.1 cm³/mol. The summed E-state index contributed by atoms with van der Waals surface area (Å²) in [4.78, 5) is 25.5. The summed E-state index contributed by atoms with van der Waals surface area (Å²) in [6, 6.07) is 5.13. The Morgan fingerprint density at radius 2 is 2.00 bits per heavy atom. The Kier molecular flexibility index (Phi) is 4.42. The van der Waals surface area contributed by atoms with Crippen LogP contribution in [0.25, 0.3) is 0 Å². The van der Waals surface area contributed by atoms with Gasteiger partial charge < -0.3 is 9.47 Å². The molecule has 0 aliphatic carbocycles. The van der Waals surface area contributed by atoms with Crippen LogP contribution < -0.4 is 0 Å². The predicted octanol–water partition coefficient (Wildman–Crippen LogP) is 3.29. The fraction of sp³-hybridized carbons (Fsp3) is 0.467. The topological polar surface area (TPSA) is 55.8 Å². The number of rotatable bonds is 2. The second kappa shape index (κ2) is 5.93. The molecule has 0 unspecified atom stereocenters.